The van der Waals surface area contributed by atoms with Crippen molar-refractivity contribution in [2.75, 3.05) is 0 Å². The van der Waals surface area contributed by atoms with Gasteiger partial charge in [-0.1, -0.05) is 45.8 Å². The largest absolute Gasteiger partial charge is 0.312 e. The van der Waals surface area contributed by atoms with Gasteiger partial charge < -0.3 is 5.32 Å². The van der Waals surface area contributed by atoms with Gasteiger partial charge in [0, 0.05) is 11.2 Å². The van der Waals surface area contributed by atoms with Crippen LogP contribution in [0.25, 0.3) is 0 Å². The van der Waals surface area contributed by atoms with Gasteiger partial charge in [-0.25, -0.2) is 0 Å². The third-order valence-corrected chi connectivity index (χ3v) is 8.81. The van der Waals surface area contributed by atoms with Crippen LogP contribution in [-0.4, -0.2) is 19.3 Å². The summed E-state index contributed by atoms with van der Waals surface area (Å²) < 4.78 is 0. The molecule has 1 aliphatic rings. The Labute approximate surface area is 84.3 Å². The molecule has 0 amide bonds. The van der Waals surface area contributed by atoms with Crippen LogP contribution in [-0.2, 0) is 0 Å². The number of hydrogen-bond acceptors (Lipinski definition) is 1. The first kappa shape index (κ1) is 11.3. The van der Waals surface area contributed by atoms with E-state index >= 15 is 0 Å². The molecule has 1 atom stereocenters. The summed E-state index contributed by atoms with van der Waals surface area (Å²) in [5.74, 6) is 0. The average Bonchev–Trinajstić information content (AvgIpc) is 1.94. The van der Waals surface area contributed by atoms with Gasteiger partial charge >= 0.3 is 0 Å². The molecule has 0 aromatic rings. The summed E-state index contributed by atoms with van der Waals surface area (Å²) in [4.78, 5) is 0. The van der Waals surface area contributed by atoms with Gasteiger partial charge in [-0.2, -0.15) is 0 Å². The third kappa shape index (κ3) is 2.35. The maximum Gasteiger partial charge on any atom is 0.0701 e. The smallest absolute Gasteiger partial charge is 0.0701 e. The summed E-state index contributed by atoms with van der Waals surface area (Å²) in [6.07, 6.45) is 4.28. The molecule has 0 aromatic carbocycles. The molecule has 0 spiro atoms. The van der Waals surface area contributed by atoms with Crippen molar-refractivity contribution in [1.29, 1.82) is 0 Å². The van der Waals surface area contributed by atoms with E-state index < -0.39 is 8.07 Å². The second-order valence-corrected chi connectivity index (χ2v) is 11.1. The molecule has 2 heteroatoms. The molecule has 1 saturated heterocycles. The van der Waals surface area contributed by atoms with Gasteiger partial charge in [0.25, 0.3) is 0 Å². The van der Waals surface area contributed by atoms with Gasteiger partial charge in [-0.05, 0) is 13.3 Å². The number of rotatable bonds is 2. The summed E-state index contributed by atoms with van der Waals surface area (Å²) in [7, 11) is -1.02. The minimum atomic E-state index is -1.02. The van der Waals surface area contributed by atoms with Gasteiger partial charge in [0.05, 0.1) is 8.07 Å². The molecule has 0 saturated carbocycles. The van der Waals surface area contributed by atoms with Crippen molar-refractivity contribution in [3.8, 4) is 0 Å². The Morgan fingerprint density at radius 2 is 1.85 bits per heavy atom. The number of hydrogen-bond donors (Lipinski definition) is 1. The molecule has 78 valence electrons. The molecule has 1 nitrogen and oxygen atoms in total. The van der Waals surface area contributed by atoms with Crippen LogP contribution in [0.2, 0.25) is 19.1 Å². The second kappa shape index (κ2) is 3.74. The van der Waals surface area contributed by atoms with Crippen LogP contribution in [0.5, 0.6) is 0 Å². The van der Waals surface area contributed by atoms with E-state index in [1.165, 1.54) is 25.3 Å². The first-order chi connectivity index (χ1) is 5.87. The fourth-order valence-corrected chi connectivity index (χ4v) is 5.78. The normalized spacial score (nSPS) is 33.7. The molecule has 1 N–H and O–H groups in total. The Morgan fingerprint density at radius 1 is 1.23 bits per heavy atom. The summed E-state index contributed by atoms with van der Waals surface area (Å²) in [5.41, 5.74) is 0. The van der Waals surface area contributed by atoms with E-state index in [1.54, 1.807) is 0 Å². The topological polar surface area (TPSA) is 12.0 Å². The van der Waals surface area contributed by atoms with E-state index in [1.807, 2.05) is 0 Å². The lowest BCUT2D eigenvalue weighted by Crippen LogP contribution is -2.64. The number of nitrogens with one attached hydrogen (secondary N) is 1. The molecule has 0 aliphatic carbocycles. The summed E-state index contributed by atoms with van der Waals surface area (Å²) in [6, 6.07) is 2.14. The van der Waals surface area contributed by atoms with Crippen molar-refractivity contribution >= 4 is 8.07 Å². The van der Waals surface area contributed by atoms with Gasteiger partial charge in [-0.3, -0.25) is 0 Å². The van der Waals surface area contributed by atoms with Crippen LogP contribution in [0, 0.1) is 0 Å². The van der Waals surface area contributed by atoms with Crippen molar-refractivity contribution in [2.24, 2.45) is 0 Å². The summed E-state index contributed by atoms with van der Waals surface area (Å²) in [6.45, 7) is 12.1. The highest BCUT2D eigenvalue weighted by atomic mass is 28.3. The van der Waals surface area contributed by atoms with Gasteiger partial charge in [0.15, 0.2) is 0 Å². The molecule has 1 fully saturated rings. The highest BCUT2D eigenvalue weighted by molar-refractivity contribution is 6.80. The maximum atomic E-state index is 3.81. The molecule has 0 radical (unpaired) electrons. The highest BCUT2D eigenvalue weighted by Gasteiger charge is 2.44. The molecule has 1 unspecified atom stereocenters. The molecule has 1 rings (SSSR count). The Balaban J connectivity index is 2.72. The fourth-order valence-electron chi connectivity index (χ4n) is 2.56. The molecule has 1 aliphatic heterocycles. The zero-order valence-corrected chi connectivity index (χ0v) is 10.9. The summed E-state index contributed by atoms with van der Waals surface area (Å²) >= 11 is 0. The minimum Gasteiger partial charge on any atom is -0.312 e. The van der Waals surface area contributed by atoms with Crippen LogP contribution in [0.15, 0.2) is 0 Å². The van der Waals surface area contributed by atoms with E-state index in [-0.39, 0.29) is 0 Å². The maximum absolute atomic E-state index is 3.81. The standard InChI is InChI=1S/C11H25NSi/c1-10(2)12-11(3)8-6-7-9-13(11,4)5/h10,12H,6-9H2,1-5H3. The molecule has 1 heterocycles. The fraction of sp³-hybridized carbons (Fsp3) is 1.00. The lowest BCUT2D eigenvalue weighted by molar-refractivity contribution is 0.370. The first-order valence-corrected chi connectivity index (χ1v) is 8.86. The van der Waals surface area contributed by atoms with Crippen molar-refractivity contribution in [2.45, 2.75) is 70.4 Å². The summed E-state index contributed by atoms with van der Waals surface area (Å²) in [5, 5.41) is 4.30. The van der Waals surface area contributed by atoms with E-state index in [9.17, 15) is 0 Å². The van der Waals surface area contributed by atoms with Crippen molar-refractivity contribution in [3.63, 3.8) is 0 Å². The van der Waals surface area contributed by atoms with Gasteiger partial charge in [-0.15, -0.1) is 0 Å². The van der Waals surface area contributed by atoms with Crippen molar-refractivity contribution in [1.82, 2.24) is 5.32 Å². The predicted molar refractivity (Wildman–Crippen MR) is 62.8 cm³/mol. The van der Waals surface area contributed by atoms with E-state index in [0.717, 1.165) is 0 Å². The van der Waals surface area contributed by atoms with E-state index in [0.29, 0.717) is 11.2 Å². The van der Waals surface area contributed by atoms with E-state index in [2.05, 4.69) is 39.2 Å². The van der Waals surface area contributed by atoms with Gasteiger partial charge in [0.2, 0.25) is 0 Å². The first-order valence-electron chi connectivity index (χ1n) is 5.65. The molecule has 0 aromatic heterocycles. The van der Waals surface area contributed by atoms with Crippen LogP contribution in [0.3, 0.4) is 0 Å². The minimum absolute atomic E-state index is 0.486. The van der Waals surface area contributed by atoms with Crippen LogP contribution in [0.4, 0.5) is 0 Å². The Kier molecular flexibility index (Phi) is 3.23. The monoisotopic (exact) mass is 199 g/mol. The average molecular weight is 199 g/mol. The van der Waals surface area contributed by atoms with E-state index in [4.69, 9.17) is 0 Å². The SMILES string of the molecule is CC(C)NC1(C)CCCC[Si]1(C)C. The Morgan fingerprint density at radius 3 is 2.31 bits per heavy atom. The van der Waals surface area contributed by atoms with Crippen molar-refractivity contribution < 1.29 is 0 Å². The lowest BCUT2D eigenvalue weighted by Gasteiger charge is -2.48. The molecule has 0 bridgehead atoms. The van der Waals surface area contributed by atoms with Crippen LogP contribution >= 0.6 is 0 Å². The zero-order valence-electron chi connectivity index (χ0n) is 9.91. The molecular formula is C11H25NSi. The Bertz CT molecular complexity index is 177. The third-order valence-electron chi connectivity index (χ3n) is 3.83. The highest BCUT2D eigenvalue weighted by Crippen LogP contribution is 2.36. The van der Waals surface area contributed by atoms with Crippen LogP contribution < -0.4 is 5.32 Å². The second-order valence-electron chi connectivity index (χ2n) is 5.72. The molecule has 13 heavy (non-hydrogen) atoms. The predicted octanol–water partition coefficient (Wildman–Crippen LogP) is 3.17. The quantitative estimate of drug-likeness (QED) is 0.674. The zero-order chi connectivity index (χ0) is 10.1. The Hall–Kier alpha value is 0.177. The van der Waals surface area contributed by atoms with Gasteiger partial charge in [0.1, 0.15) is 0 Å². The van der Waals surface area contributed by atoms with Crippen LogP contribution in [0.1, 0.15) is 40.0 Å². The van der Waals surface area contributed by atoms with Crippen molar-refractivity contribution in [3.05, 3.63) is 0 Å². The molecular weight excluding hydrogens is 174 g/mol. The lowest BCUT2D eigenvalue weighted by atomic mass is 10.1.